The van der Waals surface area contributed by atoms with Crippen LogP contribution < -0.4 is 5.32 Å². The molecule has 0 fully saturated rings. The molecule has 0 aliphatic rings. The minimum Gasteiger partial charge on any atom is -0.296 e. The first-order valence-electron chi connectivity index (χ1n) is 6.97. The van der Waals surface area contributed by atoms with E-state index in [0.717, 1.165) is 16.1 Å². The Morgan fingerprint density at radius 3 is 2.71 bits per heavy atom. The molecule has 0 saturated heterocycles. The zero-order valence-corrected chi connectivity index (χ0v) is 15.1. The second-order valence-corrected chi connectivity index (χ2v) is 6.94. The van der Waals surface area contributed by atoms with Gasteiger partial charge in [0, 0.05) is 11.8 Å². The summed E-state index contributed by atoms with van der Waals surface area (Å²) >= 11 is 13.1. The predicted molar refractivity (Wildman–Crippen MR) is 97.0 cm³/mol. The molecule has 0 unspecified atom stereocenters. The Balaban J connectivity index is 1.83. The first-order valence-corrected chi connectivity index (χ1v) is 8.55. The molecular weight excluding hydrogens is 367 g/mol. The van der Waals surface area contributed by atoms with Gasteiger partial charge in [-0.1, -0.05) is 58.3 Å². The first kappa shape index (κ1) is 16.8. The third-order valence-corrected chi connectivity index (χ3v) is 4.70. The van der Waals surface area contributed by atoms with Crippen LogP contribution in [0.15, 0.2) is 30.5 Å². The van der Waals surface area contributed by atoms with E-state index in [9.17, 15) is 4.79 Å². The SMILES string of the molecule is Cc1ccc(-c2nnc(NC(=O)c3cc(Cl)ncc3Cl)s2)c(C)c1. The number of nitrogens with one attached hydrogen (secondary N) is 1. The van der Waals surface area contributed by atoms with E-state index in [1.165, 1.54) is 29.2 Å². The fourth-order valence-electron chi connectivity index (χ4n) is 2.19. The van der Waals surface area contributed by atoms with Gasteiger partial charge in [-0.15, -0.1) is 10.2 Å². The molecule has 0 spiro atoms. The van der Waals surface area contributed by atoms with E-state index in [0.29, 0.717) is 5.13 Å². The summed E-state index contributed by atoms with van der Waals surface area (Å²) < 4.78 is 0. The van der Waals surface area contributed by atoms with Crippen molar-refractivity contribution in [2.24, 2.45) is 0 Å². The second kappa shape index (κ2) is 6.84. The summed E-state index contributed by atoms with van der Waals surface area (Å²) in [5, 5.41) is 12.4. The molecule has 122 valence electrons. The van der Waals surface area contributed by atoms with Gasteiger partial charge in [0.15, 0.2) is 0 Å². The largest absolute Gasteiger partial charge is 0.296 e. The minimum atomic E-state index is -0.410. The number of pyridine rings is 1. The Morgan fingerprint density at radius 2 is 1.96 bits per heavy atom. The van der Waals surface area contributed by atoms with Crippen molar-refractivity contribution in [1.82, 2.24) is 15.2 Å². The molecular formula is C16H12Cl2N4OS. The number of carbonyl (C=O) groups is 1. The molecule has 24 heavy (non-hydrogen) atoms. The highest BCUT2D eigenvalue weighted by atomic mass is 35.5. The minimum absolute atomic E-state index is 0.192. The van der Waals surface area contributed by atoms with Crippen LogP contribution in [0.3, 0.4) is 0 Å². The number of nitrogens with zero attached hydrogens (tertiary/aromatic N) is 3. The molecule has 0 saturated carbocycles. The maximum atomic E-state index is 12.3. The molecule has 0 aliphatic heterocycles. The van der Waals surface area contributed by atoms with Crippen molar-refractivity contribution in [3.05, 3.63) is 57.3 Å². The van der Waals surface area contributed by atoms with Crippen LogP contribution in [-0.4, -0.2) is 21.1 Å². The molecule has 1 amide bonds. The van der Waals surface area contributed by atoms with E-state index >= 15 is 0 Å². The zero-order valence-electron chi connectivity index (χ0n) is 12.8. The highest BCUT2D eigenvalue weighted by Gasteiger charge is 2.15. The average Bonchev–Trinajstić information content (AvgIpc) is 2.97. The van der Waals surface area contributed by atoms with Crippen molar-refractivity contribution in [2.75, 3.05) is 5.32 Å². The van der Waals surface area contributed by atoms with Crippen molar-refractivity contribution in [3.63, 3.8) is 0 Å². The zero-order chi connectivity index (χ0) is 17.3. The maximum absolute atomic E-state index is 12.3. The Kier molecular flexibility index (Phi) is 4.80. The van der Waals surface area contributed by atoms with E-state index in [2.05, 4.69) is 26.6 Å². The molecule has 2 heterocycles. The number of halogens is 2. The van der Waals surface area contributed by atoms with Gasteiger partial charge in [0.2, 0.25) is 5.13 Å². The quantitative estimate of drug-likeness (QED) is 0.666. The molecule has 8 heteroatoms. The second-order valence-electron chi connectivity index (χ2n) is 5.17. The number of hydrogen-bond donors (Lipinski definition) is 1. The van der Waals surface area contributed by atoms with Crippen LogP contribution in [0.25, 0.3) is 10.6 Å². The van der Waals surface area contributed by atoms with E-state index in [1.54, 1.807) is 0 Å². The number of anilines is 1. The number of aromatic nitrogens is 3. The van der Waals surface area contributed by atoms with Crippen molar-refractivity contribution < 1.29 is 4.79 Å². The van der Waals surface area contributed by atoms with Gasteiger partial charge in [-0.05, 0) is 25.5 Å². The molecule has 5 nitrogen and oxygen atoms in total. The Labute approximate surface area is 152 Å². The predicted octanol–water partition coefficient (Wildman–Crippen LogP) is 4.78. The number of aryl methyl sites for hydroxylation is 2. The summed E-state index contributed by atoms with van der Waals surface area (Å²) in [5.41, 5.74) is 3.51. The first-order chi connectivity index (χ1) is 11.4. The third kappa shape index (κ3) is 3.56. The highest BCUT2D eigenvalue weighted by Crippen LogP contribution is 2.30. The Bertz CT molecular complexity index is 926. The molecule has 0 bridgehead atoms. The molecule has 3 rings (SSSR count). The van der Waals surface area contributed by atoms with Crippen LogP contribution in [0.5, 0.6) is 0 Å². The summed E-state index contributed by atoms with van der Waals surface area (Å²) in [7, 11) is 0. The number of hydrogen-bond acceptors (Lipinski definition) is 5. The maximum Gasteiger partial charge on any atom is 0.259 e. The van der Waals surface area contributed by atoms with Gasteiger partial charge in [0.1, 0.15) is 10.2 Å². The lowest BCUT2D eigenvalue weighted by molar-refractivity contribution is 0.102. The van der Waals surface area contributed by atoms with Crippen LogP contribution in [0.1, 0.15) is 21.5 Å². The molecule has 1 N–H and O–H groups in total. The van der Waals surface area contributed by atoms with Crippen LogP contribution in [0.2, 0.25) is 10.2 Å². The third-order valence-electron chi connectivity index (χ3n) is 3.32. The molecule has 0 radical (unpaired) electrons. The molecule has 0 aliphatic carbocycles. The lowest BCUT2D eigenvalue weighted by Gasteiger charge is -2.04. The lowest BCUT2D eigenvalue weighted by atomic mass is 10.1. The van der Waals surface area contributed by atoms with Crippen molar-refractivity contribution >= 4 is 45.6 Å². The molecule has 3 aromatic rings. The van der Waals surface area contributed by atoms with E-state index in [-0.39, 0.29) is 15.7 Å². The van der Waals surface area contributed by atoms with Crippen LogP contribution >= 0.6 is 34.5 Å². The Hall–Kier alpha value is -2.02. The standard InChI is InChI=1S/C16H12Cl2N4OS/c1-8-3-4-10(9(2)5-8)15-21-22-16(24-15)20-14(23)11-6-13(18)19-7-12(11)17/h3-7H,1-2H3,(H,20,22,23). The number of amides is 1. The molecule has 0 atom stereocenters. The van der Waals surface area contributed by atoms with Crippen molar-refractivity contribution in [1.29, 1.82) is 0 Å². The lowest BCUT2D eigenvalue weighted by Crippen LogP contribution is -2.12. The molecule has 2 aromatic heterocycles. The fourth-order valence-corrected chi connectivity index (χ4v) is 3.36. The van der Waals surface area contributed by atoms with Gasteiger partial charge < -0.3 is 0 Å². The summed E-state index contributed by atoms with van der Waals surface area (Å²) in [6, 6.07) is 7.50. The van der Waals surface area contributed by atoms with Crippen molar-refractivity contribution in [2.45, 2.75) is 13.8 Å². The summed E-state index contributed by atoms with van der Waals surface area (Å²) in [6.07, 6.45) is 1.33. The smallest absolute Gasteiger partial charge is 0.259 e. The topological polar surface area (TPSA) is 67.8 Å². The van der Waals surface area contributed by atoms with Gasteiger partial charge in [-0.25, -0.2) is 4.98 Å². The van der Waals surface area contributed by atoms with Gasteiger partial charge in [0.25, 0.3) is 5.91 Å². The van der Waals surface area contributed by atoms with E-state index < -0.39 is 5.91 Å². The number of carbonyl (C=O) groups excluding carboxylic acids is 1. The average molecular weight is 379 g/mol. The van der Waals surface area contributed by atoms with Gasteiger partial charge in [-0.2, -0.15) is 0 Å². The number of benzene rings is 1. The van der Waals surface area contributed by atoms with Gasteiger partial charge >= 0.3 is 0 Å². The van der Waals surface area contributed by atoms with Crippen molar-refractivity contribution in [3.8, 4) is 10.6 Å². The van der Waals surface area contributed by atoms with Crippen LogP contribution in [0, 0.1) is 13.8 Å². The van der Waals surface area contributed by atoms with Gasteiger partial charge in [0.05, 0.1) is 10.6 Å². The summed E-state index contributed by atoms with van der Waals surface area (Å²) in [6.45, 7) is 4.05. The van der Waals surface area contributed by atoms with Gasteiger partial charge in [-0.3, -0.25) is 10.1 Å². The number of rotatable bonds is 3. The van der Waals surface area contributed by atoms with Crippen LogP contribution in [-0.2, 0) is 0 Å². The van der Waals surface area contributed by atoms with E-state index in [4.69, 9.17) is 23.2 Å². The molecule has 1 aromatic carbocycles. The summed E-state index contributed by atoms with van der Waals surface area (Å²) in [5.74, 6) is -0.410. The fraction of sp³-hybridized carbons (Fsp3) is 0.125. The van der Waals surface area contributed by atoms with E-state index in [1.807, 2.05) is 26.0 Å². The van der Waals surface area contributed by atoms with Crippen LogP contribution in [0.4, 0.5) is 5.13 Å². The Morgan fingerprint density at radius 1 is 1.17 bits per heavy atom. The monoisotopic (exact) mass is 378 g/mol. The normalized spacial score (nSPS) is 10.7. The summed E-state index contributed by atoms with van der Waals surface area (Å²) in [4.78, 5) is 16.1. The highest BCUT2D eigenvalue weighted by molar-refractivity contribution is 7.18.